The van der Waals surface area contributed by atoms with Gasteiger partial charge in [-0.25, -0.2) is 9.13 Å². The quantitative estimate of drug-likeness (QED) is 0.715. The minimum absolute atomic E-state index is 0. The monoisotopic (exact) mass is 322 g/mol. The molecule has 0 spiro atoms. The number of hydrogen-bond donors (Lipinski definition) is 0. The molecule has 0 radical (unpaired) electrons. The molecule has 0 N–H and O–H groups in total. The second-order valence-electron chi connectivity index (χ2n) is 6.15. The topological polar surface area (TPSA) is 18.0 Å². The van der Waals surface area contributed by atoms with Gasteiger partial charge in [0.15, 0.2) is 0 Å². The molecule has 0 saturated heterocycles. The molecule has 0 aliphatic rings. The molecule has 1 heterocycles. The standard InChI is InChI=1S/C18H27N2O.ClH/c1-14(2)16-7-6-8-17(15(3)4)18(16)20-10-9-19(13-20)11-12-21-5;/h6-10,13-15H,11-12H2,1-5H3;1H/q+1;/p-1. The minimum Gasteiger partial charge on any atom is -1.00 e. The van der Waals surface area contributed by atoms with Crippen LogP contribution in [0.25, 0.3) is 5.69 Å². The van der Waals surface area contributed by atoms with E-state index in [2.05, 4.69) is 73.7 Å². The zero-order valence-electron chi connectivity index (χ0n) is 14.2. The molecule has 122 valence electrons. The van der Waals surface area contributed by atoms with Crippen molar-refractivity contribution in [2.45, 2.75) is 46.1 Å². The zero-order valence-corrected chi connectivity index (χ0v) is 15.0. The second kappa shape index (κ2) is 8.35. The largest absolute Gasteiger partial charge is 1.00 e. The molecule has 1 aromatic carbocycles. The summed E-state index contributed by atoms with van der Waals surface area (Å²) in [7, 11) is 1.74. The number of rotatable bonds is 6. The van der Waals surface area contributed by atoms with Gasteiger partial charge in [-0.05, 0) is 11.8 Å². The van der Waals surface area contributed by atoms with Gasteiger partial charge in [-0.1, -0.05) is 45.9 Å². The molecule has 3 nitrogen and oxygen atoms in total. The Kier molecular flexibility index (Phi) is 7.11. The van der Waals surface area contributed by atoms with Crippen molar-refractivity contribution in [1.29, 1.82) is 0 Å². The SMILES string of the molecule is COCC[n+]1ccn(-c2c(C(C)C)cccc2C(C)C)c1.[Cl-]. The number of methoxy groups -OCH3 is 1. The fourth-order valence-corrected chi connectivity index (χ4v) is 2.67. The van der Waals surface area contributed by atoms with Crippen LogP contribution in [0.1, 0.15) is 50.7 Å². The van der Waals surface area contributed by atoms with Crippen LogP contribution in [0, 0.1) is 0 Å². The molecule has 2 aromatic rings. The van der Waals surface area contributed by atoms with E-state index in [-0.39, 0.29) is 12.4 Å². The van der Waals surface area contributed by atoms with Crippen molar-refractivity contribution in [3.05, 3.63) is 48.0 Å². The lowest BCUT2D eigenvalue weighted by Gasteiger charge is -2.16. The predicted molar refractivity (Wildman–Crippen MR) is 86.0 cm³/mol. The summed E-state index contributed by atoms with van der Waals surface area (Å²) in [5.74, 6) is 1.02. The Morgan fingerprint density at radius 2 is 1.68 bits per heavy atom. The molecule has 0 bridgehead atoms. The van der Waals surface area contributed by atoms with E-state index in [1.807, 2.05) is 0 Å². The first-order valence-electron chi connectivity index (χ1n) is 7.73. The molecule has 0 saturated carbocycles. The smallest absolute Gasteiger partial charge is 0.249 e. The zero-order chi connectivity index (χ0) is 15.4. The van der Waals surface area contributed by atoms with Crippen molar-refractivity contribution in [1.82, 2.24) is 4.57 Å². The van der Waals surface area contributed by atoms with E-state index in [1.54, 1.807) is 7.11 Å². The summed E-state index contributed by atoms with van der Waals surface area (Å²) in [6, 6.07) is 6.66. The Hall–Kier alpha value is -1.32. The Bertz CT molecular complexity index is 564. The molecule has 22 heavy (non-hydrogen) atoms. The molecule has 0 amide bonds. The highest BCUT2D eigenvalue weighted by Crippen LogP contribution is 2.30. The first kappa shape index (κ1) is 18.7. The summed E-state index contributed by atoms with van der Waals surface area (Å²) >= 11 is 0. The maximum atomic E-state index is 5.15. The number of imidazole rings is 1. The molecule has 0 atom stereocenters. The van der Waals surface area contributed by atoms with Gasteiger partial charge in [0.2, 0.25) is 6.33 Å². The molecule has 0 aliphatic carbocycles. The number of para-hydroxylation sites is 1. The van der Waals surface area contributed by atoms with Crippen LogP contribution in [-0.4, -0.2) is 18.3 Å². The molecule has 0 unspecified atom stereocenters. The van der Waals surface area contributed by atoms with Crippen molar-refractivity contribution in [2.75, 3.05) is 13.7 Å². The first-order chi connectivity index (χ1) is 10.0. The van der Waals surface area contributed by atoms with Gasteiger partial charge >= 0.3 is 0 Å². The minimum atomic E-state index is 0. The van der Waals surface area contributed by atoms with E-state index in [0.29, 0.717) is 11.8 Å². The highest BCUT2D eigenvalue weighted by atomic mass is 35.5. The van der Waals surface area contributed by atoms with E-state index in [9.17, 15) is 0 Å². The van der Waals surface area contributed by atoms with Gasteiger partial charge in [-0.3, -0.25) is 0 Å². The average Bonchev–Trinajstić information content (AvgIpc) is 2.92. The highest BCUT2D eigenvalue weighted by molar-refractivity contribution is 5.50. The van der Waals surface area contributed by atoms with E-state index < -0.39 is 0 Å². The third kappa shape index (κ3) is 4.11. The van der Waals surface area contributed by atoms with Crippen molar-refractivity contribution >= 4 is 0 Å². The molecule has 1 aromatic heterocycles. The van der Waals surface area contributed by atoms with Crippen LogP contribution in [0.5, 0.6) is 0 Å². The molecule has 0 fully saturated rings. The Labute approximate surface area is 140 Å². The Morgan fingerprint density at radius 3 is 2.18 bits per heavy atom. The molecular weight excluding hydrogens is 296 g/mol. The predicted octanol–water partition coefficient (Wildman–Crippen LogP) is 0.662. The van der Waals surface area contributed by atoms with Crippen molar-refractivity contribution in [3.63, 3.8) is 0 Å². The van der Waals surface area contributed by atoms with Crippen molar-refractivity contribution < 1.29 is 21.7 Å². The van der Waals surface area contributed by atoms with Gasteiger partial charge in [0.25, 0.3) is 0 Å². The number of ether oxygens (including phenoxy) is 1. The number of hydrogen-bond acceptors (Lipinski definition) is 1. The lowest BCUT2D eigenvalue weighted by molar-refractivity contribution is -0.697. The van der Waals surface area contributed by atoms with Crippen LogP contribution in [-0.2, 0) is 11.3 Å². The summed E-state index contributed by atoms with van der Waals surface area (Å²) in [4.78, 5) is 0. The molecular formula is C18H27ClN2O. The maximum Gasteiger partial charge on any atom is 0.249 e. The summed E-state index contributed by atoms with van der Waals surface area (Å²) in [5, 5.41) is 0. The lowest BCUT2D eigenvalue weighted by atomic mass is 9.92. The number of nitrogens with zero attached hydrogens (tertiary/aromatic N) is 2. The van der Waals surface area contributed by atoms with Crippen LogP contribution in [0.3, 0.4) is 0 Å². The van der Waals surface area contributed by atoms with Gasteiger partial charge in [-0.2, -0.15) is 0 Å². The fourth-order valence-electron chi connectivity index (χ4n) is 2.67. The summed E-state index contributed by atoms with van der Waals surface area (Å²) in [6.07, 6.45) is 6.41. The van der Waals surface area contributed by atoms with Gasteiger partial charge in [0.05, 0.1) is 6.61 Å². The fraction of sp³-hybridized carbons (Fsp3) is 0.500. The number of aromatic nitrogens is 2. The third-order valence-electron chi connectivity index (χ3n) is 3.85. The van der Waals surface area contributed by atoms with E-state index in [0.717, 1.165) is 13.2 Å². The van der Waals surface area contributed by atoms with Crippen LogP contribution < -0.4 is 17.0 Å². The van der Waals surface area contributed by atoms with Crippen molar-refractivity contribution in [2.24, 2.45) is 0 Å². The Morgan fingerprint density at radius 1 is 1.09 bits per heavy atom. The third-order valence-corrected chi connectivity index (χ3v) is 3.85. The van der Waals surface area contributed by atoms with E-state index >= 15 is 0 Å². The average molecular weight is 323 g/mol. The van der Waals surface area contributed by atoms with Gasteiger partial charge < -0.3 is 17.1 Å². The lowest BCUT2D eigenvalue weighted by Crippen LogP contribution is -3.00. The van der Waals surface area contributed by atoms with Crippen LogP contribution in [0.4, 0.5) is 0 Å². The van der Waals surface area contributed by atoms with Gasteiger partial charge in [-0.15, -0.1) is 0 Å². The van der Waals surface area contributed by atoms with E-state index in [4.69, 9.17) is 4.74 Å². The van der Waals surface area contributed by atoms with Crippen molar-refractivity contribution in [3.8, 4) is 5.69 Å². The van der Waals surface area contributed by atoms with Gasteiger partial charge in [0.1, 0.15) is 24.6 Å². The number of benzene rings is 1. The van der Waals surface area contributed by atoms with Crippen LogP contribution in [0.15, 0.2) is 36.9 Å². The molecule has 2 rings (SSSR count). The first-order valence-corrected chi connectivity index (χ1v) is 7.73. The summed E-state index contributed by atoms with van der Waals surface area (Å²) in [5.41, 5.74) is 4.13. The van der Waals surface area contributed by atoms with Gasteiger partial charge in [0, 0.05) is 18.2 Å². The van der Waals surface area contributed by atoms with Crippen LogP contribution in [0.2, 0.25) is 0 Å². The molecule has 4 heteroatoms. The van der Waals surface area contributed by atoms with E-state index in [1.165, 1.54) is 16.8 Å². The molecule has 0 aliphatic heterocycles. The number of halogens is 1. The maximum absolute atomic E-state index is 5.15. The summed E-state index contributed by atoms with van der Waals surface area (Å²) in [6.45, 7) is 10.6. The normalized spacial score (nSPS) is 11.0. The summed E-state index contributed by atoms with van der Waals surface area (Å²) < 4.78 is 9.58. The Balaban J connectivity index is 0.00000242. The van der Waals surface area contributed by atoms with Crippen LogP contribution >= 0.6 is 0 Å². The second-order valence-corrected chi connectivity index (χ2v) is 6.15. The highest BCUT2D eigenvalue weighted by Gasteiger charge is 2.19.